The van der Waals surface area contributed by atoms with E-state index in [0.717, 1.165) is 19.4 Å². The second-order valence-electron chi connectivity index (χ2n) is 4.60. The van der Waals surface area contributed by atoms with Crippen molar-refractivity contribution in [2.75, 3.05) is 6.54 Å². The van der Waals surface area contributed by atoms with Crippen molar-refractivity contribution in [2.45, 2.75) is 32.7 Å². The molecule has 0 radical (unpaired) electrons. The van der Waals surface area contributed by atoms with Gasteiger partial charge in [-0.05, 0) is 62.4 Å². The van der Waals surface area contributed by atoms with Crippen LogP contribution in [0.2, 0.25) is 0 Å². The van der Waals surface area contributed by atoms with Crippen LogP contribution in [0.4, 0.5) is 0 Å². The summed E-state index contributed by atoms with van der Waals surface area (Å²) >= 11 is 0. The highest BCUT2D eigenvalue weighted by molar-refractivity contribution is 5.81. The van der Waals surface area contributed by atoms with Gasteiger partial charge in [0.25, 0.3) is 0 Å². The second-order valence-corrected chi connectivity index (χ2v) is 4.60. The summed E-state index contributed by atoms with van der Waals surface area (Å²) in [6.07, 6.45) is 4.32. The van der Waals surface area contributed by atoms with Gasteiger partial charge in [0.1, 0.15) is 0 Å². The monoisotopic (exact) mass is 216 g/mol. The minimum Gasteiger partial charge on any atom is -0.345 e. The van der Waals surface area contributed by atoms with Crippen molar-refractivity contribution in [3.63, 3.8) is 0 Å². The van der Waals surface area contributed by atoms with E-state index in [2.05, 4.69) is 48.9 Å². The lowest BCUT2D eigenvalue weighted by Gasteiger charge is -2.09. The molecule has 0 amide bonds. The molecule has 0 aliphatic rings. The van der Waals surface area contributed by atoms with Gasteiger partial charge in [-0.2, -0.15) is 0 Å². The molecule has 0 aliphatic carbocycles. The van der Waals surface area contributed by atoms with E-state index in [1.54, 1.807) is 0 Å². The minimum absolute atomic E-state index is 0.521. The zero-order valence-electron chi connectivity index (χ0n) is 10.1. The normalized spacial score (nSPS) is 11.5. The second kappa shape index (κ2) is 4.71. The lowest BCUT2D eigenvalue weighted by Crippen LogP contribution is -2.00. The van der Waals surface area contributed by atoms with Gasteiger partial charge in [0, 0.05) is 17.8 Å². The molecule has 0 fully saturated rings. The average molecular weight is 216 g/mol. The van der Waals surface area contributed by atoms with E-state index >= 15 is 0 Å². The number of nitrogens with two attached hydrogens (primary N) is 1. The van der Waals surface area contributed by atoms with Crippen LogP contribution in [0.5, 0.6) is 0 Å². The molecule has 2 rings (SSSR count). The average Bonchev–Trinajstić information content (AvgIpc) is 2.69. The summed E-state index contributed by atoms with van der Waals surface area (Å²) in [5.41, 5.74) is 8.24. The van der Waals surface area contributed by atoms with Crippen molar-refractivity contribution in [1.82, 2.24) is 4.57 Å². The summed E-state index contributed by atoms with van der Waals surface area (Å²) in [5, 5.41) is 1.34. The largest absolute Gasteiger partial charge is 0.345 e. The Hall–Kier alpha value is -1.28. The van der Waals surface area contributed by atoms with E-state index in [0.29, 0.717) is 6.04 Å². The number of benzene rings is 1. The molecule has 0 spiro atoms. The molecule has 2 aromatic rings. The van der Waals surface area contributed by atoms with Crippen LogP contribution in [-0.4, -0.2) is 11.1 Å². The van der Waals surface area contributed by atoms with Gasteiger partial charge in [0.05, 0.1) is 0 Å². The number of nitrogens with zero attached hydrogens (tertiary/aromatic N) is 1. The van der Waals surface area contributed by atoms with Crippen molar-refractivity contribution in [1.29, 1.82) is 0 Å². The maximum absolute atomic E-state index is 5.53. The molecule has 0 aliphatic heterocycles. The number of rotatable bonds is 4. The molecular formula is C14H20N2. The van der Waals surface area contributed by atoms with Crippen LogP contribution >= 0.6 is 0 Å². The first-order valence-electron chi connectivity index (χ1n) is 6.02. The van der Waals surface area contributed by atoms with Gasteiger partial charge < -0.3 is 10.3 Å². The fourth-order valence-electron chi connectivity index (χ4n) is 2.13. The van der Waals surface area contributed by atoms with Gasteiger partial charge in [-0.1, -0.05) is 6.07 Å². The first-order valence-corrected chi connectivity index (χ1v) is 6.02. The summed E-state index contributed by atoms with van der Waals surface area (Å²) < 4.78 is 2.31. The molecule has 16 heavy (non-hydrogen) atoms. The lowest BCUT2D eigenvalue weighted by molar-refractivity contribution is 0.623. The van der Waals surface area contributed by atoms with Crippen LogP contribution in [-0.2, 0) is 6.42 Å². The third kappa shape index (κ3) is 2.12. The molecule has 0 unspecified atom stereocenters. The molecule has 0 saturated heterocycles. The van der Waals surface area contributed by atoms with Gasteiger partial charge in [-0.15, -0.1) is 0 Å². The molecule has 2 N–H and O–H groups in total. The van der Waals surface area contributed by atoms with Crippen LogP contribution in [0, 0.1) is 0 Å². The highest BCUT2D eigenvalue weighted by Crippen LogP contribution is 2.21. The van der Waals surface area contributed by atoms with Crippen LogP contribution in [0.1, 0.15) is 31.9 Å². The first kappa shape index (κ1) is 11.2. The van der Waals surface area contributed by atoms with Gasteiger partial charge >= 0.3 is 0 Å². The Balaban J connectivity index is 2.33. The summed E-state index contributed by atoms with van der Waals surface area (Å²) in [5.74, 6) is 0. The Bertz CT molecular complexity index is 469. The molecule has 0 bridgehead atoms. The van der Waals surface area contributed by atoms with Crippen molar-refractivity contribution in [3.8, 4) is 0 Å². The quantitative estimate of drug-likeness (QED) is 0.836. The molecule has 1 aromatic heterocycles. The third-order valence-electron chi connectivity index (χ3n) is 3.01. The Morgan fingerprint density at radius 2 is 2.06 bits per heavy atom. The van der Waals surface area contributed by atoms with E-state index in [1.807, 2.05) is 0 Å². The van der Waals surface area contributed by atoms with E-state index in [4.69, 9.17) is 5.73 Å². The maximum Gasteiger partial charge on any atom is 0.0482 e. The minimum atomic E-state index is 0.521. The molecule has 86 valence electrons. The van der Waals surface area contributed by atoms with Gasteiger partial charge in [-0.3, -0.25) is 0 Å². The summed E-state index contributed by atoms with van der Waals surface area (Å²) in [4.78, 5) is 0. The third-order valence-corrected chi connectivity index (χ3v) is 3.01. The first-order chi connectivity index (χ1) is 7.72. The zero-order valence-corrected chi connectivity index (χ0v) is 10.1. The molecule has 1 heterocycles. The lowest BCUT2D eigenvalue weighted by atomic mass is 10.1. The van der Waals surface area contributed by atoms with E-state index in [1.165, 1.54) is 16.5 Å². The van der Waals surface area contributed by atoms with E-state index in [-0.39, 0.29) is 0 Å². The van der Waals surface area contributed by atoms with E-state index < -0.39 is 0 Å². The Kier molecular flexibility index (Phi) is 3.30. The maximum atomic E-state index is 5.53. The van der Waals surface area contributed by atoms with Crippen LogP contribution in [0.15, 0.2) is 30.5 Å². The molecule has 2 nitrogen and oxygen atoms in total. The summed E-state index contributed by atoms with van der Waals surface area (Å²) in [6.45, 7) is 5.19. The molecule has 0 saturated carbocycles. The zero-order chi connectivity index (χ0) is 11.5. The topological polar surface area (TPSA) is 30.9 Å². The molecular weight excluding hydrogens is 196 g/mol. The SMILES string of the molecule is CC(C)n1ccc2cc(CCCN)ccc21. The number of aryl methyl sites for hydroxylation is 1. The number of fused-ring (bicyclic) bond motifs is 1. The Morgan fingerprint density at radius 3 is 2.75 bits per heavy atom. The number of hydrogen-bond acceptors (Lipinski definition) is 1. The smallest absolute Gasteiger partial charge is 0.0482 e. The predicted octanol–water partition coefficient (Wildman–Crippen LogP) is 3.11. The molecule has 0 atom stereocenters. The van der Waals surface area contributed by atoms with Crippen LogP contribution in [0.25, 0.3) is 10.9 Å². The standard InChI is InChI=1S/C14H20N2/c1-11(2)16-9-7-13-10-12(4-3-8-15)5-6-14(13)16/h5-7,9-11H,3-4,8,15H2,1-2H3. The molecule has 1 aromatic carbocycles. The highest BCUT2D eigenvalue weighted by Gasteiger charge is 2.04. The number of aromatic nitrogens is 1. The Labute approximate surface area is 97.1 Å². The molecule has 2 heteroatoms. The van der Waals surface area contributed by atoms with Crippen molar-refractivity contribution < 1.29 is 0 Å². The number of hydrogen-bond donors (Lipinski definition) is 1. The Morgan fingerprint density at radius 1 is 1.25 bits per heavy atom. The van der Waals surface area contributed by atoms with E-state index in [9.17, 15) is 0 Å². The van der Waals surface area contributed by atoms with Crippen molar-refractivity contribution in [3.05, 3.63) is 36.0 Å². The van der Waals surface area contributed by atoms with Gasteiger partial charge in [0.15, 0.2) is 0 Å². The van der Waals surface area contributed by atoms with Gasteiger partial charge in [0.2, 0.25) is 0 Å². The summed E-state index contributed by atoms with van der Waals surface area (Å²) in [7, 11) is 0. The van der Waals surface area contributed by atoms with Crippen LogP contribution in [0.3, 0.4) is 0 Å². The van der Waals surface area contributed by atoms with Crippen LogP contribution < -0.4 is 5.73 Å². The van der Waals surface area contributed by atoms with Crippen molar-refractivity contribution in [2.24, 2.45) is 5.73 Å². The predicted molar refractivity (Wildman–Crippen MR) is 69.7 cm³/mol. The fraction of sp³-hybridized carbons (Fsp3) is 0.429. The van der Waals surface area contributed by atoms with Gasteiger partial charge in [-0.25, -0.2) is 0 Å². The fourth-order valence-corrected chi connectivity index (χ4v) is 2.13. The summed E-state index contributed by atoms with van der Waals surface area (Å²) in [6, 6.07) is 9.44. The highest BCUT2D eigenvalue weighted by atomic mass is 15.0. The van der Waals surface area contributed by atoms with Crippen molar-refractivity contribution >= 4 is 10.9 Å².